The van der Waals surface area contributed by atoms with Crippen LogP contribution < -0.4 is 0 Å². The molecule has 4 nitrogen and oxygen atoms in total. The Hall–Kier alpha value is -0.940. The van der Waals surface area contributed by atoms with Crippen molar-refractivity contribution < 1.29 is 9.66 Å². The summed E-state index contributed by atoms with van der Waals surface area (Å²) in [6, 6.07) is 6.84. The van der Waals surface area contributed by atoms with Crippen LogP contribution >= 0.6 is 15.9 Å². The third-order valence-electron chi connectivity index (χ3n) is 2.26. The molecule has 0 aromatic heterocycles. The third kappa shape index (κ3) is 3.90. The van der Waals surface area contributed by atoms with Gasteiger partial charge in [0.25, 0.3) is 5.69 Å². The van der Waals surface area contributed by atoms with Crippen LogP contribution in [0.15, 0.2) is 24.3 Å². The molecule has 0 saturated carbocycles. The predicted molar refractivity (Wildman–Crippen MR) is 66.0 cm³/mol. The van der Waals surface area contributed by atoms with Gasteiger partial charge in [-0.1, -0.05) is 34.1 Å². The van der Waals surface area contributed by atoms with E-state index in [4.69, 9.17) is 4.74 Å². The van der Waals surface area contributed by atoms with Crippen molar-refractivity contribution in [1.29, 1.82) is 0 Å². The second-order valence-electron chi connectivity index (χ2n) is 3.48. The molecule has 88 valence electrons. The Morgan fingerprint density at radius 3 is 2.81 bits per heavy atom. The van der Waals surface area contributed by atoms with Crippen LogP contribution in [0.3, 0.4) is 0 Å². The maximum absolute atomic E-state index is 10.8. The van der Waals surface area contributed by atoms with Gasteiger partial charge in [0.2, 0.25) is 0 Å². The summed E-state index contributed by atoms with van der Waals surface area (Å²) in [5.41, 5.74) is 0.965. The summed E-state index contributed by atoms with van der Waals surface area (Å²) in [5, 5.41) is 10.8. The first-order chi connectivity index (χ1) is 7.65. The number of rotatable bonds is 6. The van der Waals surface area contributed by atoms with Gasteiger partial charge in [0.05, 0.1) is 11.5 Å². The van der Waals surface area contributed by atoms with E-state index in [1.54, 1.807) is 19.2 Å². The molecule has 0 radical (unpaired) electrons. The average Bonchev–Trinajstić information content (AvgIpc) is 2.27. The number of benzene rings is 1. The molecule has 1 aromatic rings. The molecule has 5 heteroatoms. The number of hydrogen-bond donors (Lipinski definition) is 0. The first kappa shape index (κ1) is 13.1. The first-order valence-corrected chi connectivity index (χ1v) is 5.92. The van der Waals surface area contributed by atoms with Gasteiger partial charge in [0.15, 0.2) is 0 Å². The van der Waals surface area contributed by atoms with Crippen LogP contribution in [0, 0.1) is 10.1 Å². The van der Waals surface area contributed by atoms with Crippen LogP contribution in [0.1, 0.15) is 12.0 Å². The molecule has 16 heavy (non-hydrogen) atoms. The topological polar surface area (TPSA) is 52.4 Å². The highest BCUT2D eigenvalue weighted by atomic mass is 79.9. The molecule has 0 aliphatic heterocycles. The first-order valence-electron chi connectivity index (χ1n) is 5.00. The van der Waals surface area contributed by atoms with E-state index in [1.807, 2.05) is 6.07 Å². The summed E-state index contributed by atoms with van der Waals surface area (Å²) in [7, 11) is 1.64. The fourth-order valence-corrected chi connectivity index (χ4v) is 1.97. The van der Waals surface area contributed by atoms with E-state index in [-0.39, 0.29) is 15.4 Å². The molecular weight excluding hydrogens is 274 g/mol. The molecule has 1 atom stereocenters. The number of ether oxygens (including phenoxy) is 1. The van der Waals surface area contributed by atoms with Crippen LogP contribution in [0.2, 0.25) is 0 Å². The van der Waals surface area contributed by atoms with Gasteiger partial charge in [0, 0.05) is 23.6 Å². The fourth-order valence-electron chi connectivity index (χ4n) is 1.48. The van der Waals surface area contributed by atoms with Crippen molar-refractivity contribution in [3.63, 3.8) is 0 Å². The van der Waals surface area contributed by atoms with Crippen LogP contribution in [-0.4, -0.2) is 23.5 Å². The Morgan fingerprint density at radius 2 is 2.19 bits per heavy atom. The molecule has 1 aromatic carbocycles. The molecule has 0 spiro atoms. The molecule has 0 heterocycles. The Labute approximate surface area is 103 Å². The second kappa shape index (κ2) is 6.60. The van der Waals surface area contributed by atoms with E-state index in [1.165, 1.54) is 6.07 Å². The lowest BCUT2D eigenvalue weighted by Crippen LogP contribution is -2.08. The smallest absolute Gasteiger partial charge is 0.272 e. The van der Waals surface area contributed by atoms with Gasteiger partial charge in [-0.25, -0.2) is 0 Å². The molecule has 0 aliphatic rings. The standard InChI is InChI=1S/C11H14BrNO3/c1-16-8-10(12)7-6-9-4-2-3-5-11(9)13(14)15/h2-5,10H,6-8H2,1H3. The number of halogens is 1. The minimum absolute atomic E-state index is 0.194. The third-order valence-corrected chi connectivity index (χ3v) is 2.98. The van der Waals surface area contributed by atoms with Crippen LogP contribution in [0.5, 0.6) is 0 Å². The summed E-state index contributed by atoms with van der Waals surface area (Å²) in [6.07, 6.45) is 1.50. The molecule has 0 bridgehead atoms. The lowest BCUT2D eigenvalue weighted by atomic mass is 10.1. The van der Waals surface area contributed by atoms with Crippen molar-refractivity contribution in [3.05, 3.63) is 39.9 Å². The van der Waals surface area contributed by atoms with Gasteiger partial charge < -0.3 is 4.74 Å². The largest absolute Gasteiger partial charge is 0.384 e. The Morgan fingerprint density at radius 1 is 1.50 bits per heavy atom. The molecule has 0 saturated heterocycles. The number of nitro benzene ring substituents is 1. The molecule has 0 aliphatic carbocycles. The van der Waals surface area contributed by atoms with E-state index >= 15 is 0 Å². The SMILES string of the molecule is COCC(Br)CCc1ccccc1[N+](=O)[O-]. The van der Waals surface area contributed by atoms with Crippen molar-refractivity contribution in [2.24, 2.45) is 0 Å². The zero-order valence-electron chi connectivity index (χ0n) is 9.06. The summed E-state index contributed by atoms with van der Waals surface area (Å²) in [5.74, 6) is 0. The van der Waals surface area contributed by atoms with E-state index in [9.17, 15) is 10.1 Å². The maximum atomic E-state index is 10.8. The average molecular weight is 288 g/mol. The lowest BCUT2D eigenvalue weighted by molar-refractivity contribution is -0.385. The monoisotopic (exact) mass is 287 g/mol. The molecule has 1 rings (SSSR count). The van der Waals surface area contributed by atoms with Crippen LogP contribution in [0.25, 0.3) is 0 Å². The minimum Gasteiger partial charge on any atom is -0.384 e. The number of hydrogen-bond acceptors (Lipinski definition) is 3. The Bertz CT molecular complexity index is 357. The fraction of sp³-hybridized carbons (Fsp3) is 0.455. The normalized spacial score (nSPS) is 12.4. The quantitative estimate of drug-likeness (QED) is 0.459. The summed E-state index contributed by atoms with van der Waals surface area (Å²) >= 11 is 3.46. The van der Waals surface area contributed by atoms with E-state index in [2.05, 4.69) is 15.9 Å². The van der Waals surface area contributed by atoms with Crippen LogP contribution in [0.4, 0.5) is 5.69 Å². The zero-order valence-corrected chi connectivity index (χ0v) is 10.6. The Balaban J connectivity index is 2.63. The molecule has 0 amide bonds. The van der Waals surface area contributed by atoms with Crippen molar-refractivity contribution in [3.8, 4) is 0 Å². The van der Waals surface area contributed by atoms with Gasteiger partial charge in [-0.05, 0) is 12.8 Å². The van der Waals surface area contributed by atoms with Gasteiger partial charge in [0.1, 0.15) is 0 Å². The van der Waals surface area contributed by atoms with Crippen molar-refractivity contribution in [2.75, 3.05) is 13.7 Å². The van der Waals surface area contributed by atoms with Crippen molar-refractivity contribution in [2.45, 2.75) is 17.7 Å². The predicted octanol–water partition coefficient (Wildman–Crippen LogP) is 2.94. The molecule has 0 fully saturated rings. The molecular formula is C11H14BrNO3. The molecule has 1 unspecified atom stereocenters. The minimum atomic E-state index is -0.338. The number of methoxy groups -OCH3 is 1. The number of nitro groups is 1. The van der Waals surface area contributed by atoms with Gasteiger partial charge in [-0.3, -0.25) is 10.1 Å². The number of nitrogens with zero attached hydrogens (tertiary/aromatic N) is 1. The van der Waals surface area contributed by atoms with E-state index < -0.39 is 0 Å². The summed E-state index contributed by atoms with van der Waals surface area (Å²) in [4.78, 5) is 10.7. The van der Waals surface area contributed by atoms with Gasteiger partial charge in [-0.2, -0.15) is 0 Å². The zero-order chi connectivity index (χ0) is 12.0. The number of para-hydroxylation sites is 1. The molecule has 0 N–H and O–H groups in total. The Kier molecular flexibility index (Phi) is 5.42. The van der Waals surface area contributed by atoms with E-state index in [0.29, 0.717) is 13.0 Å². The van der Waals surface area contributed by atoms with Gasteiger partial charge in [-0.15, -0.1) is 0 Å². The highest BCUT2D eigenvalue weighted by Gasteiger charge is 2.13. The number of alkyl halides is 1. The highest BCUT2D eigenvalue weighted by Crippen LogP contribution is 2.21. The van der Waals surface area contributed by atoms with Crippen LogP contribution in [-0.2, 0) is 11.2 Å². The summed E-state index contributed by atoms with van der Waals surface area (Å²) in [6.45, 7) is 0.612. The summed E-state index contributed by atoms with van der Waals surface area (Å²) < 4.78 is 4.99. The number of aryl methyl sites for hydroxylation is 1. The second-order valence-corrected chi connectivity index (χ2v) is 4.77. The maximum Gasteiger partial charge on any atom is 0.272 e. The van der Waals surface area contributed by atoms with E-state index in [0.717, 1.165) is 12.0 Å². The van der Waals surface area contributed by atoms with Crippen molar-refractivity contribution in [1.82, 2.24) is 0 Å². The van der Waals surface area contributed by atoms with Gasteiger partial charge >= 0.3 is 0 Å². The lowest BCUT2D eigenvalue weighted by Gasteiger charge is -2.08. The highest BCUT2D eigenvalue weighted by molar-refractivity contribution is 9.09. The van der Waals surface area contributed by atoms with Crippen molar-refractivity contribution >= 4 is 21.6 Å².